The zero-order valence-corrected chi connectivity index (χ0v) is 16.4. The van der Waals surface area contributed by atoms with Crippen LogP contribution in [0.25, 0.3) is 0 Å². The summed E-state index contributed by atoms with van der Waals surface area (Å²) in [5, 5.41) is 4.36. The van der Waals surface area contributed by atoms with Crippen molar-refractivity contribution >= 4 is 17.7 Å². The lowest BCUT2D eigenvalue weighted by molar-refractivity contribution is 0.187. The van der Waals surface area contributed by atoms with E-state index in [-0.39, 0.29) is 0 Å². The molecule has 1 atom stereocenters. The van der Waals surface area contributed by atoms with Gasteiger partial charge in [0.05, 0.1) is 0 Å². The molecule has 0 aromatic rings. The van der Waals surface area contributed by atoms with Gasteiger partial charge in [0.15, 0.2) is 5.96 Å². The molecule has 134 valence electrons. The summed E-state index contributed by atoms with van der Waals surface area (Å²) in [6.07, 6.45) is 4.01. The molecule has 0 amide bonds. The van der Waals surface area contributed by atoms with Crippen LogP contribution < -0.4 is 5.32 Å². The first-order valence-electron chi connectivity index (χ1n) is 9.43. The Morgan fingerprint density at radius 1 is 1.26 bits per heavy atom. The predicted molar refractivity (Wildman–Crippen MR) is 103 cm³/mol. The maximum absolute atomic E-state index is 4.53. The molecule has 2 aliphatic heterocycles. The first-order valence-corrected chi connectivity index (χ1v) is 10.5. The number of hydrogen-bond donors (Lipinski definition) is 1. The van der Waals surface area contributed by atoms with Crippen LogP contribution in [0.2, 0.25) is 0 Å². The first kappa shape index (κ1) is 18.9. The largest absolute Gasteiger partial charge is 0.356 e. The van der Waals surface area contributed by atoms with Gasteiger partial charge in [0, 0.05) is 37.7 Å². The van der Waals surface area contributed by atoms with E-state index < -0.39 is 0 Å². The minimum absolute atomic E-state index is 0.737. The lowest BCUT2D eigenvalue weighted by Crippen LogP contribution is -2.49. The van der Waals surface area contributed by atoms with Crippen molar-refractivity contribution in [2.75, 3.05) is 52.1 Å². The van der Waals surface area contributed by atoms with Gasteiger partial charge in [0.2, 0.25) is 0 Å². The van der Waals surface area contributed by atoms with Crippen molar-refractivity contribution in [3.63, 3.8) is 0 Å². The molecule has 1 N–H and O–H groups in total. The van der Waals surface area contributed by atoms with Crippen LogP contribution in [-0.4, -0.2) is 73.1 Å². The summed E-state index contributed by atoms with van der Waals surface area (Å²) >= 11 is 2.12. The Morgan fingerprint density at radius 3 is 2.61 bits per heavy atom. The molecule has 0 saturated carbocycles. The topological polar surface area (TPSA) is 30.9 Å². The number of nitrogens with one attached hydrogen (secondary N) is 1. The molecule has 23 heavy (non-hydrogen) atoms. The number of piperidine rings is 1. The Balaban J connectivity index is 1.71. The third-order valence-corrected chi connectivity index (χ3v) is 6.88. The number of nitrogens with zero attached hydrogens (tertiary/aromatic N) is 3. The lowest BCUT2D eigenvalue weighted by Gasteiger charge is -2.36. The molecular weight excluding hydrogens is 304 g/mol. The number of guanidine groups is 1. The molecule has 2 heterocycles. The molecule has 4 nitrogen and oxygen atoms in total. The van der Waals surface area contributed by atoms with Crippen molar-refractivity contribution in [1.29, 1.82) is 0 Å². The van der Waals surface area contributed by atoms with Gasteiger partial charge in [-0.15, -0.1) is 0 Å². The number of aliphatic imine (C=N–C) groups is 1. The Hall–Kier alpha value is -0.420. The fourth-order valence-corrected chi connectivity index (χ4v) is 4.88. The Labute approximate surface area is 147 Å². The molecule has 2 aliphatic rings. The van der Waals surface area contributed by atoms with E-state index in [4.69, 9.17) is 0 Å². The molecule has 0 aromatic carbocycles. The lowest BCUT2D eigenvalue weighted by atomic mass is 9.93. The van der Waals surface area contributed by atoms with Crippen LogP contribution in [0.4, 0.5) is 0 Å². The Bertz CT molecular complexity index is 364. The number of hydrogen-bond acceptors (Lipinski definition) is 3. The van der Waals surface area contributed by atoms with Gasteiger partial charge in [-0.1, -0.05) is 20.8 Å². The van der Waals surface area contributed by atoms with E-state index in [1.807, 2.05) is 7.05 Å². The Kier molecular flexibility index (Phi) is 8.04. The van der Waals surface area contributed by atoms with Crippen molar-refractivity contribution in [2.45, 2.75) is 45.3 Å². The second-order valence-corrected chi connectivity index (χ2v) is 8.59. The van der Waals surface area contributed by atoms with Gasteiger partial charge in [-0.05, 0) is 50.7 Å². The van der Waals surface area contributed by atoms with Crippen molar-refractivity contribution in [3.8, 4) is 0 Å². The third kappa shape index (κ3) is 5.86. The van der Waals surface area contributed by atoms with Gasteiger partial charge in [-0.3, -0.25) is 4.99 Å². The summed E-state index contributed by atoms with van der Waals surface area (Å²) in [6.45, 7) is 14.1. The van der Waals surface area contributed by atoms with E-state index in [1.165, 1.54) is 44.6 Å². The van der Waals surface area contributed by atoms with E-state index in [0.29, 0.717) is 0 Å². The first-order chi connectivity index (χ1) is 11.1. The Morgan fingerprint density at radius 2 is 2.00 bits per heavy atom. The SMILES string of the molecule is CCN1CCC(CCNC(=NC)N2CCSC(C(C)C)C2)CC1. The van der Waals surface area contributed by atoms with Gasteiger partial charge < -0.3 is 15.1 Å². The van der Waals surface area contributed by atoms with Crippen LogP contribution in [-0.2, 0) is 0 Å². The van der Waals surface area contributed by atoms with Crippen molar-refractivity contribution in [3.05, 3.63) is 0 Å². The van der Waals surface area contributed by atoms with E-state index in [0.717, 1.165) is 42.7 Å². The highest BCUT2D eigenvalue weighted by Crippen LogP contribution is 2.25. The standard InChI is InChI=1S/C18H36N4S/c1-5-21-10-7-16(8-11-21)6-9-20-18(19-4)22-12-13-23-17(14-22)15(2)3/h15-17H,5-14H2,1-4H3,(H,19,20). The minimum atomic E-state index is 0.737. The maximum Gasteiger partial charge on any atom is 0.193 e. The van der Waals surface area contributed by atoms with E-state index in [2.05, 4.69) is 52.6 Å². The van der Waals surface area contributed by atoms with Gasteiger partial charge >= 0.3 is 0 Å². The summed E-state index contributed by atoms with van der Waals surface area (Å²) in [7, 11) is 1.92. The van der Waals surface area contributed by atoms with E-state index in [1.54, 1.807) is 0 Å². The smallest absolute Gasteiger partial charge is 0.193 e. The van der Waals surface area contributed by atoms with Gasteiger partial charge in [0.25, 0.3) is 0 Å². The zero-order valence-electron chi connectivity index (χ0n) is 15.6. The molecule has 0 spiro atoms. The number of thioether (sulfide) groups is 1. The molecule has 0 aliphatic carbocycles. The summed E-state index contributed by atoms with van der Waals surface area (Å²) in [5.74, 6) is 3.97. The molecular formula is C18H36N4S. The van der Waals surface area contributed by atoms with Crippen LogP contribution in [0.3, 0.4) is 0 Å². The van der Waals surface area contributed by atoms with Gasteiger partial charge in [-0.2, -0.15) is 11.8 Å². The molecule has 5 heteroatoms. The second-order valence-electron chi connectivity index (χ2n) is 7.24. The van der Waals surface area contributed by atoms with Crippen molar-refractivity contribution in [2.24, 2.45) is 16.8 Å². The van der Waals surface area contributed by atoms with Crippen LogP contribution in [0, 0.1) is 11.8 Å². The average molecular weight is 341 g/mol. The predicted octanol–water partition coefficient (Wildman–Crippen LogP) is 2.76. The van der Waals surface area contributed by atoms with Crippen LogP contribution in [0.1, 0.15) is 40.0 Å². The molecule has 0 aromatic heterocycles. The van der Waals surface area contributed by atoms with E-state index >= 15 is 0 Å². The fourth-order valence-electron chi connectivity index (χ4n) is 3.58. The fraction of sp³-hybridized carbons (Fsp3) is 0.944. The maximum atomic E-state index is 4.53. The number of likely N-dealkylation sites (tertiary alicyclic amines) is 1. The van der Waals surface area contributed by atoms with Crippen LogP contribution >= 0.6 is 11.8 Å². The molecule has 2 fully saturated rings. The zero-order chi connectivity index (χ0) is 16.7. The molecule has 1 unspecified atom stereocenters. The quantitative estimate of drug-likeness (QED) is 0.616. The summed E-state index contributed by atoms with van der Waals surface area (Å²) in [5.41, 5.74) is 0. The van der Waals surface area contributed by atoms with Gasteiger partial charge in [0.1, 0.15) is 0 Å². The highest BCUT2D eigenvalue weighted by atomic mass is 32.2. The van der Waals surface area contributed by atoms with Crippen LogP contribution in [0.15, 0.2) is 4.99 Å². The molecule has 0 bridgehead atoms. The average Bonchev–Trinajstić information content (AvgIpc) is 2.59. The van der Waals surface area contributed by atoms with E-state index in [9.17, 15) is 0 Å². The monoisotopic (exact) mass is 340 g/mol. The number of rotatable bonds is 5. The van der Waals surface area contributed by atoms with Crippen molar-refractivity contribution < 1.29 is 0 Å². The highest BCUT2D eigenvalue weighted by Gasteiger charge is 2.25. The summed E-state index contributed by atoms with van der Waals surface area (Å²) < 4.78 is 0. The second kappa shape index (κ2) is 9.77. The summed E-state index contributed by atoms with van der Waals surface area (Å²) in [6, 6.07) is 0. The normalized spacial score (nSPS) is 25.2. The molecule has 0 radical (unpaired) electrons. The highest BCUT2D eigenvalue weighted by molar-refractivity contribution is 8.00. The van der Waals surface area contributed by atoms with Crippen molar-refractivity contribution in [1.82, 2.24) is 15.1 Å². The third-order valence-electron chi connectivity index (χ3n) is 5.34. The molecule has 2 rings (SSSR count). The van der Waals surface area contributed by atoms with Gasteiger partial charge in [-0.25, -0.2) is 0 Å². The van der Waals surface area contributed by atoms with Crippen LogP contribution in [0.5, 0.6) is 0 Å². The minimum Gasteiger partial charge on any atom is -0.356 e. The molecule has 2 saturated heterocycles. The summed E-state index contributed by atoms with van der Waals surface area (Å²) in [4.78, 5) is 9.56.